The zero-order chi connectivity index (χ0) is 11.3. The monoisotopic (exact) mass is 215 g/mol. The van der Waals surface area contributed by atoms with Crippen LogP contribution in [0.5, 0.6) is 0 Å². The van der Waals surface area contributed by atoms with Gasteiger partial charge in [-0.3, -0.25) is 9.69 Å². The Morgan fingerprint density at radius 1 is 1.13 bits per heavy atom. The van der Waals surface area contributed by atoms with Crippen molar-refractivity contribution in [2.24, 2.45) is 0 Å². The number of aliphatic carboxylic acids is 1. The van der Waals surface area contributed by atoms with Gasteiger partial charge in [-0.25, -0.2) is 0 Å². The number of carboxylic acids is 1. The molecule has 1 saturated heterocycles. The van der Waals surface area contributed by atoms with Crippen molar-refractivity contribution in [1.82, 2.24) is 15.5 Å². The quantitative estimate of drug-likeness (QED) is 0.571. The molecule has 3 N–H and O–H groups in total. The summed E-state index contributed by atoms with van der Waals surface area (Å²) in [6.07, 6.45) is 0. The van der Waals surface area contributed by atoms with Crippen LogP contribution in [0.25, 0.3) is 0 Å². The second kappa shape index (κ2) is 5.44. The lowest BCUT2D eigenvalue weighted by molar-refractivity contribution is -0.149. The Labute approximate surface area is 90.8 Å². The second-order valence-electron chi connectivity index (χ2n) is 4.35. The highest BCUT2D eigenvalue weighted by Crippen LogP contribution is 2.13. The fraction of sp³-hybridized carbons (Fsp3) is 0.900. The Bertz CT molecular complexity index is 209. The van der Waals surface area contributed by atoms with E-state index in [1.807, 2.05) is 4.90 Å². The fourth-order valence-corrected chi connectivity index (χ4v) is 1.66. The largest absolute Gasteiger partial charge is 0.480 e. The number of rotatable bonds is 2. The maximum atomic E-state index is 11.1. The standard InChI is InChI=1S/C10H21N3O2/c1-10(2,9(14)15)13-7-5-11-3-4-12-6-8-13/h11-12H,3-8H2,1-2H3,(H,14,15). The first-order valence-corrected chi connectivity index (χ1v) is 5.45. The second-order valence-corrected chi connectivity index (χ2v) is 4.35. The molecule has 5 heteroatoms. The molecule has 0 aromatic rings. The molecule has 15 heavy (non-hydrogen) atoms. The first-order chi connectivity index (χ1) is 7.05. The summed E-state index contributed by atoms with van der Waals surface area (Å²) < 4.78 is 0. The molecule has 0 spiro atoms. The van der Waals surface area contributed by atoms with Gasteiger partial charge in [-0.2, -0.15) is 0 Å². The van der Waals surface area contributed by atoms with Crippen LogP contribution in [0.15, 0.2) is 0 Å². The number of carboxylic acid groups (broad SMARTS) is 1. The van der Waals surface area contributed by atoms with E-state index in [2.05, 4.69) is 10.6 Å². The molecule has 1 heterocycles. The van der Waals surface area contributed by atoms with Crippen molar-refractivity contribution < 1.29 is 9.90 Å². The third-order valence-electron chi connectivity index (χ3n) is 2.91. The van der Waals surface area contributed by atoms with Crippen molar-refractivity contribution in [2.45, 2.75) is 19.4 Å². The van der Waals surface area contributed by atoms with Gasteiger partial charge in [0.15, 0.2) is 0 Å². The van der Waals surface area contributed by atoms with Gasteiger partial charge in [-0.1, -0.05) is 0 Å². The Hall–Kier alpha value is -0.650. The van der Waals surface area contributed by atoms with Crippen LogP contribution in [0.3, 0.4) is 0 Å². The molecule has 1 rings (SSSR count). The summed E-state index contributed by atoms with van der Waals surface area (Å²) in [5, 5.41) is 15.7. The van der Waals surface area contributed by atoms with E-state index >= 15 is 0 Å². The predicted molar refractivity (Wildman–Crippen MR) is 59.0 cm³/mol. The molecule has 1 aliphatic rings. The Kier molecular flexibility index (Phi) is 4.50. The van der Waals surface area contributed by atoms with E-state index in [0.29, 0.717) is 0 Å². The zero-order valence-corrected chi connectivity index (χ0v) is 9.55. The normalized spacial score (nSPS) is 21.5. The van der Waals surface area contributed by atoms with Crippen molar-refractivity contribution in [2.75, 3.05) is 39.3 Å². The Balaban J connectivity index is 2.59. The van der Waals surface area contributed by atoms with Gasteiger partial charge in [0.25, 0.3) is 0 Å². The first-order valence-electron chi connectivity index (χ1n) is 5.45. The molecule has 0 aromatic carbocycles. The summed E-state index contributed by atoms with van der Waals surface area (Å²) in [5.74, 6) is -0.762. The topological polar surface area (TPSA) is 64.6 Å². The van der Waals surface area contributed by atoms with E-state index in [-0.39, 0.29) is 0 Å². The van der Waals surface area contributed by atoms with Crippen LogP contribution in [-0.4, -0.2) is 60.8 Å². The summed E-state index contributed by atoms with van der Waals surface area (Å²) >= 11 is 0. The van der Waals surface area contributed by atoms with E-state index < -0.39 is 11.5 Å². The molecule has 0 unspecified atom stereocenters. The van der Waals surface area contributed by atoms with Gasteiger partial charge in [0.1, 0.15) is 5.54 Å². The number of nitrogens with zero attached hydrogens (tertiary/aromatic N) is 1. The SMILES string of the molecule is CC(C)(C(=O)O)N1CCNCCNCC1. The number of nitrogens with one attached hydrogen (secondary N) is 2. The van der Waals surface area contributed by atoms with Crippen LogP contribution in [0.1, 0.15) is 13.8 Å². The lowest BCUT2D eigenvalue weighted by atomic mass is 10.0. The lowest BCUT2D eigenvalue weighted by Gasteiger charge is -2.34. The van der Waals surface area contributed by atoms with Gasteiger partial charge in [-0.05, 0) is 13.8 Å². The van der Waals surface area contributed by atoms with Crippen molar-refractivity contribution >= 4 is 5.97 Å². The van der Waals surface area contributed by atoms with Crippen molar-refractivity contribution in [1.29, 1.82) is 0 Å². The van der Waals surface area contributed by atoms with E-state index in [4.69, 9.17) is 5.11 Å². The minimum atomic E-state index is -0.784. The molecule has 1 aliphatic heterocycles. The minimum absolute atomic E-state index is 0.762. The highest BCUT2D eigenvalue weighted by molar-refractivity contribution is 5.77. The molecule has 0 aliphatic carbocycles. The van der Waals surface area contributed by atoms with Crippen LogP contribution in [0.4, 0.5) is 0 Å². The van der Waals surface area contributed by atoms with Gasteiger partial charge in [0.2, 0.25) is 0 Å². The summed E-state index contributed by atoms with van der Waals surface area (Å²) in [6.45, 7) is 8.65. The van der Waals surface area contributed by atoms with E-state index in [9.17, 15) is 4.79 Å². The van der Waals surface area contributed by atoms with Gasteiger partial charge in [0.05, 0.1) is 0 Å². The fourth-order valence-electron chi connectivity index (χ4n) is 1.66. The molecule has 0 saturated carbocycles. The average molecular weight is 215 g/mol. The number of hydrogen-bond acceptors (Lipinski definition) is 4. The van der Waals surface area contributed by atoms with Gasteiger partial charge in [-0.15, -0.1) is 0 Å². The van der Waals surface area contributed by atoms with Crippen LogP contribution in [0, 0.1) is 0 Å². The van der Waals surface area contributed by atoms with E-state index in [0.717, 1.165) is 39.3 Å². The molecular weight excluding hydrogens is 194 g/mol. The van der Waals surface area contributed by atoms with Crippen LogP contribution in [-0.2, 0) is 4.79 Å². The Morgan fingerprint density at radius 3 is 2.00 bits per heavy atom. The summed E-state index contributed by atoms with van der Waals surface area (Å²) in [5.41, 5.74) is -0.784. The van der Waals surface area contributed by atoms with E-state index in [1.165, 1.54) is 0 Å². The van der Waals surface area contributed by atoms with Gasteiger partial charge >= 0.3 is 5.97 Å². The minimum Gasteiger partial charge on any atom is -0.480 e. The molecule has 88 valence electrons. The maximum absolute atomic E-state index is 11.1. The van der Waals surface area contributed by atoms with E-state index in [1.54, 1.807) is 13.8 Å². The smallest absolute Gasteiger partial charge is 0.323 e. The molecule has 0 radical (unpaired) electrons. The molecular formula is C10H21N3O2. The van der Waals surface area contributed by atoms with Crippen LogP contribution >= 0.6 is 0 Å². The molecule has 1 fully saturated rings. The van der Waals surface area contributed by atoms with Crippen molar-refractivity contribution in [3.05, 3.63) is 0 Å². The molecule has 5 nitrogen and oxygen atoms in total. The van der Waals surface area contributed by atoms with Crippen LogP contribution in [0.2, 0.25) is 0 Å². The van der Waals surface area contributed by atoms with Gasteiger partial charge in [0, 0.05) is 39.3 Å². The van der Waals surface area contributed by atoms with Crippen LogP contribution < -0.4 is 10.6 Å². The van der Waals surface area contributed by atoms with Crippen molar-refractivity contribution in [3.8, 4) is 0 Å². The summed E-state index contributed by atoms with van der Waals surface area (Å²) in [7, 11) is 0. The molecule has 0 atom stereocenters. The summed E-state index contributed by atoms with van der Waals surface area (Å²) in [6, 6.07) is 0. The third kappa shape index (κ3) is 3.44. The molecule has 0 amide bonds. The zero-order valence-electron chi connectivity index (χ0n) is 9.55. The summed E-state index contributed by atoms with van der Waals surface area (Å²) in [4.78, 5) is 13.1. The molecule has 0 bridgehead atoms. The van der Waals surface area contributed by atoms with Gasteiger partial charge < -0.3 is 15.7 Å². The lowest BCUT2D eigenvalue weighted by Crippen LogP contribution is -2.53. The highest BCUT2D eigenvalue weighted by Gasteiger charge is 2.33. The number of carbonyl (C=O) groups is 1. The first kappa shape index (κ1) is 12.4. The predicted octanol–water partition coefficient (Wildman–Crippen LogP) is -0.656. The third-order valence-corrected chi connectivity index (χ3v) is 2.91. The highest BCUT2D eigenvalue weighted by atomic mass is 16.4. The Morgan fingerprint density at radius 2 is 1.60 bits per heavy atom. The molecule has 0 aromatic heterocycles. The maximum Gasteiger partial charge on any atom is 0.323 e. The number of hydrogen-bond donors (Lipinski definition) is 3. The van der Waals surface area contributed by atoms with Crippen molar-refractivity contribution in [3.63, 3.8) is 0 Å². The average Bonchev–Trinajstić information content (AvgIpc) is 2.30.